The molecule has 0 saturated carbocycles. The van der Waals surface area contributed by atoms with Gasteiger partial charge in [0.2, 0.25) is 5.91 Å². The van der Waals surface area contributed by atoms with Gasteiger partial charge in [-0.15, -0.1) is 0 Å². The lowest BCUT2D eigenvalue weighted by Crippen LogP contribution is -2.52. The van der Waals surface area contributed by atoms with E-state index < -0.39 is 6.29 Å². The Bertz CT molecular complexity index is 804. The number of amides is 3. The Morgan fingerprint density at radius 1 is 1.38 bits per heavy atom. The first-order valence-corrected chi connectivity index (χ1v) is 8.69. The molecule has 0 aliphatic carbocycles. The van der Waals surface area contributed by atoms with Crippen molar-refractivity contribution in [2.75, 3.05) is 5.32 Å². The molecule has 1 saturated heterocycles. The Hall–Kier alpha value is -2.58. The van der Waals surface area contributed by atoms with Gasteiger partial charge < -0.3 is 10.6 Å². The molecule has 0 bridgehead atoms. The summed E-state index contributed by atoms with van der Waals surface area (Å²) in [6.45, 7) is 4.11. The van der Waals surface area contributed by atoms with Gasteiger partial charge in [0.15, 0.2) is 6.29 Å². The van der Waals surface area contributed by atoms with Gasteiger partial charge in [-0.3, -0.25) is 15.4 Å². The number of nitrogens with one attached hydrogen (secondary N) is 4. The van der Waals surface area contributed by atoms with E-state index in [4.69, 9.17) is 11.6 Å². The molecule has 1 aromatic heterocycles. The molecule has 8 nitrogen and oxygen atoms in total. The minimum Gasteiger partial charge on any atom is -0.334 e. The van der Waals surface area contributed by atoms with E-state index in [0.717, 1.165) is 11.3 Å². The van der Waals surface area contributed by atoms with Crippen LogP contribution in [0.1, 0.15) is 30.9 Å². The van der Waals surface area contributed by atoms with E-state index >= 15 is 0 Å². The van der Waals surface area contributed by atoms with Crippen molar-refractivity contribution in [3.63, 3.8) is 0 Å². The average molecular weight is 377 g/mol. The third-order valence-corrected chi connectivity index (χ3v) is 4.19. The minimum atomic E-state index is -0.508. The number of hydrogen-bond acceptors (Lipinski definition) is 4. The lowest BCUT2D eigenvalue weighted by atomic mass is 10.2. The van der Waals surface area contributed by atoms with Gasteiger partial charge in [0.05, 0.1) is 5.69 Å². The average Bonchev–Trinajstić information content (AvgIpc) is 2.94. The van der Waals surface area contributed by atoms with Crippen molar-refractivity contribution in [3.8, 4) is 0 Å². The van der Waals surface area contributed by atoms with Crippen LogP contribution in [0.15, 0.2) is 30.3 Å². The summed E-state index contributed by atoms with van der Waals surface area (Å²) in [5.74, 6) is 0.426. The smallest absolute Gasteiger partial charge is 0.320 e. The second kappa shape index (κ2) is 7.76. The van der Waals surface area contributed by atoms with E-state index in [0.29, 0.717) is 23.8 Å². The molecule has 4 N–H and O–H groups in total. The summed E-state index contributed by atoms with van der Waals surface area (Å²) in [4.78, 5) is 24.0. The molecule has 2 atom stereocenters. The Morgan fingerprint density at radius 3 is 2.81 bits per heavy atom. The van der Waals surface area contributed by atoms with Crippen molar-refractivity contribution in [2.24, 2.45) is 0 Å². The number of carbonyl (C=O) groups is 2. The number of anilines is 1. The number of urea groups is 1. The van der Waals surface area contributed by atoms with E-state index in [2.05, 4.69) is 26.4 Å². The van der Waals surface area contributed by atoms with Crippen LogP contribution in [0.25, 0.3) is 0 Å². The predicted molar refractivity (Wildman–Crippen MR) is 98.7 cm³/mol. The fraction of sp³-hybridized carbons (Fsp3) is 0.353. The highest BCUT2D eigenvalue weighted by Crippen LogP contribution is 2.17. The summed E-state index contributed by atoms with van der Waals surface area (Å²) < 4.78 is 1.56. The van der Waals surface area contributed by atoms with Crippen molar-refractivity contribution in [2.45, 2.75) is 39.1 Å². The van der Waals surface area contributed by atoms with Gasteiger partial charge in [0, 0.05) is 30.1 Å². The van der Waals surface area contributed by atoms with Crippen LogP contribution in [0.5, 0.6) is 0 Å². The van der Waals surface area contributed by atoms with Gasteiger partial charge >= 0.3 is 6.03 Å². The maximum Gasteiger partial charge on any atom is 0.320 e. The molecule has 3 amide bonds. The number of aromatic nitrogens is 2. The summed E-state index contributed by atoms with van der Waals surface area (Å²) in [7, 11) is 0. The molecule has 3 rings (SSSR count). The van der Waals surface area contributed by atoms with Crippen molar-refractivity contribution in [3.05, 3.63) is 46.6 Å². The monoisotopic (exact) mass is 376 g/mol. The Balaban J connectivity index is 1.65. The third-order valence-electron chi connectivity index (χ3n) is 3.94. The first kappa shape index (κ1) is 18.2. The van der Waals surface area contributed by atoms with Crippen LogP contribution in [-0.2, 0) is 11.3 Å². The van der Waals surface area contributed by atoms with Crippen LogP contribution in [-0.4, -0.2) is 27.8 Å². The van der Waals surface area contributed by atoms with Gasteiger partial charge in [0.25, 0.3) is 0 Å². The van der Waals surface area contributed by atoms with Crippen molar-refractivity contribution < 1.29 is 9.59 Å². The zero-order chi connectivity index (χ0) is 18.7. The molecular weight excluding hydrogens is 356 g/mol. The molecule has 0 radical (unpaired) electrons. The molecule has 1 aliphatic rings. The summed E-state index contributed by atoms with van der Waals surface area (Å²) in [5.41, 5.74) is 1.66. The first-order valence-electron chi connectivity index (χ1n) is 8.31. The number of nitrogens with zero attached hydrogens (tertiary/aromatic N) is 2. The van der Waals surface area contributed by atoms with E-state index in [1.807, 2.05) is 26.0 Å². The first-order chi connectivity index (χ1) is 12.4. The minimum absolute atomic E-state index is 0.0184. The highest BCUT2D eigenvalue weighted by atomic mass is 35.5. The number of aryl methyl sites for hydroxylation is 1. The van der Waals surface area contributed by atoms with Gasteiger partial charge in [-0.05, 0) is 31.5 Å². The van der Waals surface area contributed by atoms with Crippen LogP contribution in [0.3, 0.4) is 0 Å². The van der Waals surface area contributed by atoms with E-state index in [1.54, 1.807) is 22.9 Å². The number of rotatable bonds is 4. The fourth-order valence-electron chi connectivity index (χ4n) is 2.74. The second-order valence-electron chi connectivity index (χ2n) is 6.29. The highest BCUT2D eigenvalue weighted by molar-refractivity contribution is 6.30. The normalized spacial score (nSPS) is 19.7. The summed E-state index contributed by atoms with van der Waals surface area (Å²) in [6, 6.07) is 8.64. The summed E-state index contributed by atoms with van der Waals surface area (Å²) >= 11 is 5.85. The maximum atomic E-state index is 12.2. The quantitative estimate of drug-likeness (QED) is 0.656. The number of benzene rings is 1. The molecular formula is C17H21ClN6O2. The van der Waals surface area contributed by atoms with Gasteiger partial charge in [-0.25, -0.2) is 9.48 Å². The molecule has 1 aliphatic heterocycles. The standard InChI is InChI=1S/C17H21ClN6O2/c1-10-8-15(25)22-16(20-10)24-14(7-11(2)23-24)21-17(26)19-9-12-3-5-13(18)6-4-12/h3-7,10,16,20H,8-9H2,1-2H3,(H,22,25)(H2,19,21,26). The van der Waals surface area contributed by atoms with Crippen LogP contribution >= 0.6 is 11.6 Å². The highest BCUT2D eigenvalue weighted by Gasteiger charge is 2.26. The molecule has 1 aromatic carbocycles. The zero-order valence-corrected chi connectivity index (χ0v) is 15.3. The Morgan fingerprint density at radius 2 is 2.12 bits per heavy atom. The predicted octanol–water partition coefficient (Wildman–Crippen LogP) is 2.12. The largest absolute Gasteiger partial charge is 0.334 e. The number of halogens is 1. The lowest BCUT2D eigenvalue weighted by molar-refractivity contribution is -0.125. The summed E-state index contributed by atoms with van der Waals surface area (Å²) in [6.07, 6.45) is -0.104. The van der Waals surface area contributed by atoms with Crippen LogP contribution < -0.4 is 21.3 Å². The number of carbonyl (C=O) groups excluding carboxylic acids is 2. The van der Waals surface area contributed by atoms with Gasteiger partial charge in [0.1, 0.15) is 5.82 Å². The zero-order valence-electron chi connectivity index (χ0n) is 14.5. The number of hydrogen-bond donors (Lipinski definition) is 4. The lowest BCUT2D eigenvalue weighted by Gasteiger charge is -2.30. The molecule has 26 heavy (non-hydrogen) atoms. The molecule has 138 valence electrons. The van der Waals surface area contributed by atoms with E-state index in [1.165, 1.54) is 0 Å². The summed E-state index contributed by atoms with van der Waals surface area (Å²) in [5, 5.41) is 16.6. The molecule has 0 spiro atoms. The molecule has 1 fully saturated rings. The van der Waals surface area contributed by atoms with Crippen LogP contribution in [0.4, 0.5) is 10.6 Å². The topological polar surface area (TPSA) is 100 Å². The SMILES string of the molecule is Cc1cc(NC(=O)NCc2ccc(Cl)cc2)n(C2NC(=O)CC(C)N2)n1. The molecule has 9 heteroatoms. The van der Waals surface area contributed by atoms with E-state index in [-0.39, 0.29) is 18.0 Å². The molecule has 2 unspecified atom stereocenters. The fourth-order valence-corrected chi connectivity index (χ4v) is 2.87. The van der Waals surface area contributed by atoms with Crippen molar-refractivity contribution in [1.29, 1.82) is 0 Å². The van der Waals surface area contributed by atoms with Crippen LogP contribution in [0.2, 0.25) is 5.02 Å². The molecule has 2 heterocycles. The van der Waals surface area contributed by atoms with Crippen molar-refractivity contribution in [1.82, 2.24) is 25.7 Å². The van der Waals surface area contributed by atoms with E-state index in [9.17, 15) is 9.59 Å². The second-order valence-corrected chi connectivity index (χ2v) is 6.73. The Labute approximate surface area is 156 Å². The van der Waals surface area contributed by atoms with Gasteiger partial charge in [-0.1, -0.05) is 23.7 Å². The van der Waals surface area contributed by atoms with Crippen LogP contribution in [0, 0.1) is 6.92 Å². The third kappa shape index (κ3) is 4.53. The van der Waals surface area contributed by atoms with Gasteiger partial charge in [-0.2, -0.15) is 5.10 Å². The van der Waals surface area contributed by atoms with Crippen molar-refractivity contribution >= 4 is 29.4 Å². The molecule has 2 aromatic rings. The maximum absolute atomic E-state index is 12.2. The Kier molecular flexibility index (Phi) is 5.43.